The molecule has 1 amide bonds. The van der Waals surface area contributed by atoms with Crippen LogP contribution in [0.4, 0.5) is 0 Å². The molecule has 0 spiro atoms. The number of benzene rings is 1. The average Bonchev–Trinajstić information content (AvgIpc) is 3.29. The number of para-hydroxylation sites is 1. The Morgan fingerprint density at radius 3 is 2.83 bits per heavy atom. The molecule has 2 aromatic rings. The largest absolute Gasteiger partial charge is 0.396 e. The van der Waals surface area contributed by atoms with E-state index in [1.165, 1.54) is 11.1 Å². The van der Waals surface area contributed by atoms with Gasteiger partial charge in [-0.05, 0) is 37.8 Å². The Labute approximate surface area is 146 Å². The van der Waals surface area contributed by atoms with Crippen LogP contribution in [0.2, 0.25) is 0 Å². The quantitative estimate of drug-likeness (QED) is 0.873. The standard InChI is InChI=1S/C19H24N2O2S/c22-12-19(9-10-19)11-20-17(23)13-5-1-2-6-14(13)18-21-15-7-3-4-8-16(15)24-18/h3-4,7-8,13-14,22H,1-2,5-6,9-12H2,(H,20,23)/t13-,14+/m0/s1. The summed E-state index contributed by atoms with van der Waals surface area (Å²) in [4.78, 5) is 17.6. The van der Waals surface area contributed by atoms with Gasteiger partial charge in [-0.15, -0.1) is 11.3 Å². The smallest absolute Gasteiger partial charge is 0.223 e. The Bertz CT molecular complexity index is 705. The lowest BCUT2D eigenvalue weighted by Crippen LogP contribution is -2.39. The molecule has 4 nitrogen and oxygen atoms in total. The van der Waals surface area contributed by atoms with Crippen molar-refractivity contribution >= 4 is 27.5 Å². The van der Waals surface area contributed by atoms with Gasteiger partial charge in [-0.25, -0.2) is 4.98 Å². The maximum Gasteiger partial charge on any atom is 0.223 e. The zero-order chi connectivity index (χ0) is 16.6. The van der Waals surface area contributed by atoms with Crippen LogP contribution in [0.1, 0.15) is 49.5 Å². The first-order valence-electron chi connectivity index (χ1n) is 8.95. The van der Waals surface area contributed by atoms with Crippen LogP contribution in [-0.2, 0) is 4.79 Å². The summed E-state index contributed by atoms with van der Waals surface area (Å²) >= 11 is 1.73. The number of nitrogens with zero attached hydrogens (tertiary/aromatic N) is 1. The van der Waals surface area contributed by atoms with Gasteiger partial charge in [0.05, 0.1) is 21.8 Å². The maximum atomic E-state index is 12.8. The number of carbonyl (C=O) groups excluding carboxylic acids is 1. The van der Waals surface area contributed by atoms with Gasteiger partial charge in [-0.1, -0.05) is 25.0 Å². The summed E-state index contributed by atoms with van der Waals surface area (Å²) < 4.78 is 1.20. The number of amides is 1. The molecule has 4 rings (SSSR count). The molecule has 128 valence electrons. The summed E-state index contributed by atoms with van der Waals surface area (Å²) in [6.07, 6.45) is 6.32. The van der Waals surface area contributed by atoms with Gasteiger partial charge < -0.3 is 10.4 Å². The number of aromatic nitrogens is 1. The predicted octanol–water partition coefficient (Wildman–Crippen LogP) is 3.46. The predicted molar refractivity (Wildman–Crippen MR) is 96.1 cm³/mol. The fraction of sp³-hybridized carbons (Fsp3) is 0.579. The second-order valence-electron chi connectivity index (χ2n) is 7.39. The van der Waals surface area contributed by atoms with Crippen LogP contribution in [0.3, 0.4) is 0 Å². The molecule has 0 bridgehead atoms. The number of aliphatic hydroxyl groups excluding tert-OH is 1. The third-order valence-corrected chi connectivity index (χ3v) is 6.83. The van der Waals surface area contributed by atoms with Crippen LogP contribution in [0.15, 0.2) is 24.3 Å². The second-order valence-corrected chi connectivity index (χ2v) is 8.46. The molecule has 24 heavy (non-hydrogen) atoms. The van der Waals surface area contributed by atoms with E-state index in [-0.39, 0.29) is 29.8 Å². The zero-order valence-corrected chi connectivity index (χ0v) is 14.6. The van der Waals surface area contributed by atoms with E-state index >= 15 is 0 Å². The van der Waals surface area contributed by atoms with E-state index < -0.39 is 0 Å². The van der Waals surface area contributed by atoms with Crippen LogP contribution in [0.5, 0.6) is 0 Å². The number of rotatable bonds is 5. The molecule has 0 aliphatic heterocycles. The molecular weight excluding hydrogens is 320 g/mol. The van der Waals surface area contributed by atoms with Gasteiger partial charge in [0.25, 0.3) is 0 Å². The van der Waals surface area contributed by atoms with Crippen molar-refractivity contribution in [3.05, 3.63) is 29.3 Å². The van der Waals surface area contributed by atoms with Crippen LogP contribution in [0, 0.1) is 11.3 Å². The summed E-state index contributed by atoms with van der Waals surface area (Å²) in [5, 5.41) is 13.7. The lowest BCUT2D eigenvalue weighted by Gasteiger charge is -2.29. The Morgan fingerprint density at radius 1 is 1.29 bits per heavy atom. The minimum atomic E-state index is -0.0321. The van der Waals surface area contributed by atoms with E-state index in [9.17, 15) is 9.90 Å². The summed E-state index contributed by atoms with van der Waals surface area (Å²) in [5.74, 6) is 0.410. The molecule has 2 atom stereocenters. The van der Waals surface area contributed by atoms with Crippen LogP contribution in [-0.4, -0.2) is 29.1 Å². The van der Waals surface area contributed by atoms with Crippen molar-refractivity contribution in [2.24, 2.45) is 11.3 Å². The number of hydrogen-bond acceptors (Lipinski definition) is 4. The normalized spacial score (nSPS) is 25.5. The Kier molecular flexibility index (Phi) is 4.31. The first-order valence-corrected chi connectivity index (χ1v) is 9.76. The molecule has 0 radical (unpaired) electrons. The van der Waals surface area contributed by atoms with E-state index in [1.807, 2.05) is 18.2 Å². The summed E-state index contributed by atoms with van der Waals surface area (Å²) in [6.45, 7) is 0.796. The third-order valence-electron chi connectivity index (χ3n) is 5.66. The van der Waals surface area contributed by atoms with E-state index in [4.69, 9.17) is 4.98 Å². The molecule has 1 aromatic heterocycles. The van der Waals surface area contributed by atoms with Gasteiger partial charge in [0.15, 0.2) is 0 Å². The van der Waals surface area contributed by atoms with Gasteiger partial charge in [-0.2, -0.15) is 0 Å². The fourth-order valence-corrected chi connectivity index (χ4v) is 4.93. The topological polar surface area (TPSA) is 62.2 Å². The first-order chi connectivity index (χ1) is 11.7. The second kappa shape index (κ2) is 6.45. The van der Waals surface area contributed by atoms with Crippen molar-refractivity contribution in [3.8, 4) is 0 Å². The lowest BCUT2D eigenvalue weighted by atomic mass is 9.79. The number of carbonyl (C=O) groups is 1. The molecule has 1 heterocycles. The van der Waals surface area contributed by atoms with Crippen molar-refractivity contribution in [3.63, 3.8) is 0 Å². The minimum absolute atomic E-state index is 0.0220. The average molecular weight is 344 g/mol. The van der Waals surface area contributed by atoms with Gasteiger partial charge in [0, 0.05) is 23.8 Å². The number of nitrogens with one attached hydrogen (secondary N) is 1. The SMILES string of the molecule is O=C(NCC1(CO)CC1)[C@H]1CCCC[C@H]1c1nc2ccccc2s1. The maximum absolute atomic E-state index is 12.8. The molecule has 0 saturated heterocycles. The Morgan fingerprint density at radius 2 is 2.08 bits per heavy atom. The summed E-state index contributed by atoms with van der Waals surface area (Å²) in [7, 11) is 0. The van der Waals surface area contributed by atoms with Crippen molar-refractivity contribution in [1.29, 1.82) is 0 Å². The highest BCUT2D eigenvalue weighted by molar-refractivity contribution is 7.18. The summed E-state index contributed by atoms with van der Waals surface area (Å²) in [6, 6.07) is 8.21. The van der Waals surface area contributed by atoms with Crippen LogP contribution in [0.25, 0.3) is 10.2 Å². The molecule has 1 aromatic carbocycles. The van der Waals surface area contributed by atoms with Crippen molar-refractivity contribution in [2.45, 2.75) is 44.4 Å². The molecule has 5 heteroatoms. The molecule has 2 N–H and O–H groups in total. The third kappa shape index (κ3) is 3.07. The monoisotopic (exact) mass is 344 g/mol. The van der Waals surface area contributed by atoms with E-state index in [0.29, 0.717) is 6.54 Å². The highest BCUT2D eigenvalue weighted by atomic mass is 32.1. The number of thiazole rings is 1. The summed E-state index contributed by atoms with van der Waals surface area (Å²) in [5.41, 5.74) is 1.01. The number of aliphatic hydroxyl groups is 1. The van der Waals surface area contributed by atoms with Gasteiger partial charge in [-0.3, -0.25) is 4.79 Å². The molecular formula is C19H24N2O2S. The van der Waals surface area contributed by atoms with E-state index in [0.717, 1.165) is 42.6 Å². The Hall–Kier alpha value is -1.46. The zero-order valence-electron chi connectivity index (χ0n) is 13.8. The Balaban J connectivity index is 1.50. The highest BCUT2D eigenvalue weighted by Crippen LogP contribution is 2.45. The molecule has 2 aliphatic carbocycles. The van der Waals surface area contributed by atoms with E-state index in [1.54, 1.807) is 11.3 Å². The first kappa shape index (κ1) is 16.0. The fourth-order valence-electron chi connectivity index (χ4n) is 3.76. The van der Waals surface area contributed by atoms with Crippen LogP contribution >= 0.6 is 11.3 Å². The van der Waals surface area contributed by atoms with Crippen molar-refractivity contribution in [2.75, 3.05) is 13.2 Å². The number of hydrogen-bond donors (Lipinski definition) is 2. The van der Waals surface area contributed by atoms with E-state index in [2.05, 4.69) is 11.4 Å². The van der Waals surface area contributed by atoms with Gasteiger partial charge >= 0.3 is 0 Å². The van der Waals surface area contributed by atoms with Gasteiger partial charge in [0.1, 0.15) is 0 Å². The molecule has 0 unspecified atom stereocenters. The highest BCUT2D eigenvalue weighted by Gasteiger charge is 2.43. The van der Waals surface area contributed by atoms with Crippen molar-refractivity contribution in [1.82, 2.24) is 10.3 Å². The molecule has 2 fully saturated rings. The molecule has 2 aliphatic rings. The van der Waals surface area contributed by atoms with Crippen molar-refractivity contribution < 1.29 is 9.90 Å². The minimum Gasteiger partial charge on any atom is -0.396 e. The van der Waals surface area contributed by atoms with Gasteiger partial charge in [0.2, 0.25) is 5.91 Å². The number of fused-ring (bicyclic) bond motifs is 1. The lowest BCUT2D eigenvalue weighted by molar-refractivity contribution is -0.126. The van der Waals surface area contributed by atoms with Crippen LogP contribution < -0.4 is 5.32 Å². The molecule has 2 saturated carbocycles.